The van der Waals surface area contributed by atoms with Crippen molar-refractivity contribution >= 4 is 11.0 Å². The van der Waals surface area contributed by atoms with Crippen LogP contribution in [0.25, 0.3) is 11.0 Å². The number of imidazole rings is 2. The molecule has 1 atom stereocenters. The number of rotatable bonds is 3. The Morgan fingerprint density at radius 2 is 1.77 bits per heavy atom. The molecule has 0 amide bonds. The van der Waals surface area contributed by atoms with Gasteiger partial charge in [-0.05, 0) is 23.3 Å². The van der Waals surface area contributed by atoms with Crippen LogP contribution in [0.3, 0.4) is 0 Å². The molecular weight excluding hydrogens is 276 g/mol. The van der Waals surface area contributed by atoms with E-state index in [1.807, 2.05) is 48.9 Å². The van der Waals surface area contributed by atoms with Crippen molar-refractivity contribution < 1.29 is 0 Å². The standard InChI is InChI=1S/C17H14N4O/c22-17-19-14-7-6-13(10-15(14)20-17)16(21-9-8-18-11-21)12-4-2-1-3-5-12/h1-11,16H,(H2,19,20,22). The second kappa shape index (κ2) is 5.04. The Kier molecular flexibility index (Phi) is 2.89. The van der Waals surface area contributed by atoms with E-state index >= 15 is 0 Å². The van der Waals surface area contributed by atoms with Crippen molar-refractivity contribution in [1.82, 2.24) is 19.5 Å². The molecule has 0 aliphatic carbocycles. The molecule has 2 N–H and O–H groups in total. The van der Waals surface area contributed by atoms with Gasteiger partial charge < -0.3 is 14.5 Å². The van der Waals surface area contributed by atoms with E-state index in [1.165, 1.54) is 0 Å². The number of nitrogens with zero attached hydrogens (tertiary/aromatic N) is 2. The Morgan fingerprint density at radius 1 is 0.955 bits per heavy atom. The monoisotopic (exact) mass is 290 g/mol. The summed E-state index contributed by atoms with van der Waals surface area (Å²) in [5.41, 5.74) is 3.69. The lowest BCUT2D eigenvalue weighted by molar-refractivity contribution is 0.677. The zero-order valence-electron chi connectivity index (χ0n) is 11.7. The largest absolute Gasteiger partial charge is 0.326 e. The molecular formula is C17H14N4O. The molecule has 4 rings (SSSR count). The minimum atomic E-state index is -0.189. The van der Waals surface area contributed by atoms with Gasteiger partial charge in [0.1, 0.15) is 0 Å². The highest BCUT2D eigenvalue weighted by Crippen LogP contribution is 2.27. The molecule has 2 aromatic heterocycles. The van der Waals surface area contributed by atoms with E-state index in [-0.39, 0.29) is 11.7 Å². The molecule has 0 saturated heterocycles. The molecule has 108 valence electrons. The van der Waals surface area contributed by atoms with Crippen molar-refractivity contribution in [3.05, 3.63) is 88.9 Å². The van der Waals surface area contributed by atoms with Crippen molar-refractivity contribution in [2.75, 3.05) is 0 Å². The Bertz CT molecular complexity index is 951. The van der Waals surface area contributed by atoms with Crippen LogP contribution >= 0.6 is 0 Å². The van der Waals surface area contributed by atoms with Crippen LogP contribution in [0.2, 0.25) is 0 Å². The molecule has 0 bridgehead atoms. The molecule has 0 aliphatic rings. The maximum Gasteiger partial charge on any atom is 0.323 e. The third-order valence-corrected chi connectivity index (χ3v) is 3.79. The molecule has 5 heteroatoms. The second-order valence-corrected chi connectivity index (χ2v) is 5.21. The summed E-state index contributed by atoms with van der Waals surface area (Å²) in [6.45, 7) is 0. The lowest BCUT2D eigenvalue weighted by Gasteiger charge is -2.19. The number of hydrogen-bond donors (Lipinski definition) is 2. The number of aromatic amines is 2. The van der Waals surface area contributed by atoms with Crippen LogP contribution in [0.1, 0.15) is 17.2 Å². The van der Waals surface area contributed by atoms with Crippen molar-refractivity contribution in [2.24, 2.45) is 0 Å². The molecule has 0 spiro atoms. The molecule has 22 heavy (non-hydrogen) atoms. The Labute approximate surface area is 126 Å². The molecule has 0 aliphatic heterocycles. The number of benzene rings is 2. The van der Waals surface area contributed by atoms with Crippen LogP contribution in [0.15, 0.2) is 72.0 Å². The van der Waals surface area contributed by atoms with E-state index in [4.69, 9.17) is 0 Å². The van der Waals surface area contributed by atoms with Gasteiger partial charge in [0.25, 0.3) is 0 Å². The normalized spacial score (nSPS) is 12.5. The van der Waals surface area contributed by atoms with Crippen molar-refractivity contribution in [3.8, 4) is 0 Å². The van der Waals surface area contributed by atoms with E-state index in [9.17, 15) is 4.79 Å². The van der Waals surface area contributed by atoms with Crippen molar-refractivity contribution in [3.63, 3.8) is 0 Å². The Morgan fingerprint density at radius 3 is 2.55 bits per heavy atom. The van der Waals surface area contributed by atoms with Crippen LogP contribution in [0.4, 0.5) is 0 Å². The van der Waals surface area contributed by atoms with E-state index in [0.717, 1.165) is 22.2 Å². The van der Waals surface area contributed by atoms with Gasteiger partial charge in [0.2, 0.25) is 0 Å². The third kappa shape index (κ3) is 2.13. The first-order valence-corrected chi connectivity index (χ1v) is 7.05. The predicted molar refractivity (Wildman–Crippen MR) is 84.8 cm³/mol. The molecule has 5 nitrogen and oxygen atoms in total. The second-order valence-electron chi connectivity index (χ2n) is 5.21. The molecule has 0 saturated carbocycles. The fourth-order valence-electron chi connectivity index (χ4n) is 2.81. The number of fused-ring (bicyclic) bond motifs is 1. The van der Waals surface area contributed by atoms with Crippen LogP contribution in [0, 0.1) is 0 Å². The number of aromatic nitrogens is 4. The first-order chi connectivity index (χ1) is 10.8. The Balaban J connectivity index is 1.90. The van der Waals surface area contributed by atoms with Gasteiger partial charge in [-0.15, -0.1) is 0 Å². The molecule has 2 aromatic carbocycles. The lowest BCUT2D eigenvalue weighted by Crippen LogP contribution is -2.10. The van der Waals surface area contributed by atoms with Gasteiger partial charge >= 0.3 is 5.69 Å². The summed E-state index contributed by atoms with van der Waals surface area (Å²) in [6.07, 6.45) is 5.52. The lowest BCUT2D eigenvalue weighted by atomic mass is 9.98. The summed E-state index contributed by atoms with van der Waals surface area (Å²) in [6, 6.07) is 16.2. The number of nitrogens with one attached hydrogen (secondary N) is 2. The number of hydrogen-bond acceptors (Lipinski definition) is 2. The summed E-state index contributed by atoms with van der Waals surface area (Å²) < 4.78 is 2.06. The van der Waals surface area contributed by atoms with E-state index in [0.29, 0.717) is 0 Å². The zero-order chi connectivity index (χ0) is 14.9. The van der Waals surface area contributed by atoms with Crippen LogP contribution in [-0.2, 0) is 0 Å². The van der Waals surface area contributed by atoms with Gasteiger partial charge in [0.05, 0.1) is 23.4 Å². The van der Waals surface area contributed by atoms with E-state index in [1.54, 1.807) is 6.20 Å². The van der Waals surface area contributed by atoms with Gasteiger partial charge in [-0.25, -0.2) is 9.78 Å². The summed E-state index contributed by atoms with van der Waals surface area (Å²) in [4.78, 5) is 21.2. The van der Waals surface area contributed by atoms with Crippen molar-refractivity contribution in [2.45, 2.75) is 6.04 Å². The first-order valence-electron chi connectivity index (χ1n) is 7.05. The van der Waals surface area contributed by atoms with E-state index < -0.39 is 0 Å². The van der Waals surface area contributed by atoms with Crippen LogP contribution < -0.4 is 5.69 Å². The van der Waals surface area contributed by atoms with Gasteiger partial charge in [-0.2, -0.15) is 0 Å². The van der Waals surface area contributed by atoms with E-state index in [2.05, 4.69) is 31.7 Å². The summed E-state index contributed by atoms with van der Waals surface area (Å²) >= 11 is 0. The molecule has 1 unspecified atom stereocenters. The molecule has 2 heterocycles. The highest BCUT2D eigenvalue weighted by atomic mass is 16.1. The summed E-state index contributed by atoms with van der Waals surface area (Å²) in [5.74, 6) is 0. The minimum Gasteiger partial charge on any atom is -0.326 e. The smallest absolute Gasteiger partial charge is 0.323 e. The topological polar surface area (TPSA) is 66.5 Å². The fraction of sp³-hybridized carbons (Fsp3) is 0.0588. The van der Waals surface area contributed by atoms with Gasteiger partial charge in [-0.1, -0.05) is 36.4 Å². The maximum atomic E-state index is 11.4. The van der Waals surface area contributed by atoms with Crippen molar-refractivity contribution in [1.29, 1.82) is 0 Å². The quantitative estimate of drug-likeness (QED) is 0.609. The number of H-pyrrole nitrogens is 2. The SMILES string of the molecule is O=c1[nH]c2ccc(C(c3ccccc3)n3ccnc3)cc2[nH]1. The highest BCUT2D eigenvalue weighted by Gasteiger charge is 2.16. The van der Waals surface area contributed by atoms with Crippen LogP contribution in [0.5, 0.6) is 0 Å². The maximum absolute atomic E-state index is 11.4. The molecule has 4 aromatic rings. The first kappa shape index (κ1) is 12.6. The van der Waals surface area contributed by atoms with Gasteiger partial charge in [-0.3, -0.25) is 0 Å². The van der Waals surface area contributed by atoms with Crippen LogP contribution in [-0.4, -0.2) is 19.5 Å². The zero-order valence-corrected chi connectivity index (χ0v) is 11.7. The molecule has 0 fully saturated rings. The summed E-state index contributed by atoms with van der Waals surface area (Å²) in [5, 5.41) is 0. The van der Waals surface area contributed by atoms with Gasteiger partial charge in [0, 0.05) is 12.4 Å². The predicted octanol–water partition coefficient (Wildman–Crippen LogP) is 2.69. The van der Waals surface area contributed by atoms with Gasteiger partial charge in [0.15, 0.2) is 0 Å². The highest BCUT2D eigenvalue weighted by molar-refractivity contribution is 5.75. The minimum absolute atomic E-state index is 0.0199. The summed E-state index contributed by atoms with van der Waals surface area (Å²) in [7, 11) is 0. The average molecular weight is 290 g/mol. The third-order valence-electron chi connectivity index (χ3n) is 3.79. The Hall–Kier alpha value is -3.08. The fourth-order valence-corrected chi connectivity index (χ4v) is 2.81. The average Bonchev–Trinajstić information content (AvgIpc) is 3.17. The molecule has 0 radical (unpaired) electrons.